The van der Waals surface area contributed by atoms with Crippen LogP contribution in [0.1, 0.15) is 18.1 Å². The van der Waals surface area contributed by atoms with E-state index in [0.29, 0.717) is 12.5 Å². The lowest BCUT2D eigenvalue weighted by Crippen LogP contribution is -2.11. The van der Waals surface area contributed by atoms with Crippen molar-refractivity contribution in [2.45, 2.75) is 13.3 Å². The van der Waals surface area contributed by atoms with Crippen molar-refractivity contribution >= 4 is 17.2 Å². The monoisotopic (exact) mass is 207 g/mol. The minimum Gasteiger partial charge on any atom is -0.330 e. The second-order valence-corrected chi connectivity index (χ2v) is 4.24. The summed E-state index contributed by atoms with van der Waals surface area (Å²) in [6.07, 6.45) is 3.26. The molecule has 2 heteroatoms. The Balaban J connectivity index is 2.37. The van der Waals surface area contributed by atoms with Gasteiger partial charge in [0.1, 0.15) is 0 Å². The molecule has 1 aromatic rings. The maximum atomic E-state index is 5.94. The lowest BCUT2D eigenvalue weighted by Gasteiger charge is -2.12. The summed E-state index contributed by atoms with van der Waals surface area (Å²) in [7, 11) is 0. The molecule has 2 rings (SSSR count). The lowest BCUT2D eigenvalue weighted by atomic mass is 9.95. The van der Waals surface area contributed by atoms with E-state index in [1.54, 1.807) is 0 Å². The summed E-state index contributed by atoms with van der Waals surface area (Å²) in [5, 5.41) is 0.818. The van der Waals surface area contributed by atoms with Gasteiger partial charge in [-0.25, -0.2) is 0 Å². The van der Waals surface area contributed by atoms with Crippen LogP contribution in [0.2, 0.25) is 5.02 Å². The summed E-state index contributed by atoms with van der Waals surface area (Å²) in [5.74, 6) is 0.442. The summed E-state index contributed by atoms with van der Waals surface area (Å²) in [6, 6.07) is 6.09. The van der Waals surface area contributed by atoms with Crippen molar-refractivity contribution in [3.05, 3.63) is 40.4 Å². The SMILES string of the molecule is CC(CN)C1=CCc2cc(Cl)ccc21. The highest BCUT2D eigenvalue weighted by molar-refractivity contribution is 6.30. The molecule has 14 heavy (non-hydrogen) atoms. The van der Waals surface area contributed by atoms with E-state index in [1.165, 1.54) is 16.7 Å². The normalized spacial score (nSPS) is 16.4. The van der Waals surface area contributed by atoms with Crippen LogP contribution in [0, 0.1) is 5.92 Å². The van der Waals surface area contributed by atoms with Crippen LogP contribution in [0.15, 0.2) is 24.3 Å². The molecule has 0 radical (unpaired) electrons. The predicted molar refractivity (Wildman–Crippen MR) is 61.4 cm³/mol. The molecular weight excluding hydrogens is 194 g/mol. The van der Waals surface area contributed by atoms with Gasteiger partial charge in [-0.15, -0.1) is 0 Å². The van der Waals surface area contributed by atoms with Gasteiger partial charge in [-0.1, -0.05) is 30.7 Å². The molecule has 0 saturated carbocycles. The van der Waals surface area contributed by atoms with Crippen LogP contribution in [0.3, 0.4) is 0 Å². The van der Waals surface area contributed by atoms with Crippen molar-refractivity contribution in [2.75, 3.05) is 6.54 Å². The van der Waals surface area contributed by atoms with Gasteiger partial charge in [-0.2, -0.15) is 0 Å². The maximum Gasteiger partial charge on any atom is 0.0409 e. The third kappa shape index (κ3) is 1.58. The zero-order valence-electron chi connectivity index (χ0n) is 8.26. The van der Waals surface area contributed by atoms with E-state index in [0.717, 1.165) is 11.4 Å². The number of nitrogens with two attached hydrogens (primary N) is 1. The number of allylic oxidation sites excluding steroid dienone is 1. The highest BCUT2D eigenvalue weighted by Crippen LogP contribution is 2.33. The molecule has 1 unspecified atom stereocenters. The molecular formula is C12H14ClN. The van der Waals surface area contributed by atoms with Gasteiger partial charge in [0.2, 0.25) is 0 Å². The first-order chi connectivity index (χ1) is 6.72. The Hall–Kier alpha value is -0.790. The summed E-state index contributed by atoms with van der Waals surface area (Å²) in [6.45, 7) is 2.86. The average Bonchev–Trinajstić information content (AvgIpc) is 2.59. The average molecular weight is 208 g/mol. The molecule has 0 saturated heterocycles. The molecule has 1 aliphatic rings. The van der Waals surface area contributed by atoms with Gasteiger partial charge in [-0.3, -0.25) is 0 Å². The van der Waals surface area contributed by atoms with Crippen molar-refractivity contribution in [2.24, 2.45) is 11.7 Å². The first-order valence-corrected chi connectivity index (χ1v) is 5.29. The standard InChI is InChI=1S/C12H14ClN/c1-8(7-14)11-4-2-9-6-10(13)3-5-12(9)11/h3-6,8H,2,7,14H2,1H3. The van der Waals surface area contributed by atoms with Crippen molar-refractivity contribution in [3.8, 4) is 0 Å². The van der Waals surface area contributed by atoms with E-state index in [4.69, 9.17) is 17.3 Å². The van der Waals surface area contributed by atoms with Crippen molar-refractivity contribution in [1.29, 1.82) is 0 Å². The highest BCUT2D eigenvalue weighted by atomic mass is 35.5. The van der Waals surface area contributed by atoms with Crippen LogP contribution in [-0.2, 0) is 6.42 Å². The topological polar surface area (TPSA) is 26.0 Å². The Kier molecular flexibility index (Phi) is 2.62. The van der Waals surface area contributed by atoms with E-state index < -0.39 is 0 Å². The molecule has 2 N–H and O–H groups in total. The number of fused-ring (bicyclic) bond motifs is 1. The highest BCUT2D eigenvalue weighted by Gasteiger charge is 2.17. The molecule has 0 fully saturated rings. The number of rotatable bonds is 2. The fourth-order valence-electron chi connectivity index (χ4n) is 1.94. The maximum absolute atomic E-state index is 5.94. The van der Waals surface area contributed by atoms with Crippen molar-refractivity contribution in [3.63, 3.8) is 0 Å². The molecule has 0 spiro atoms. The number of hydrogen-bond donors (Lipinski definition) is 1. The fraction of sp³-hybridized carbons (Fsp3) is 0.333. The van der Waals surface area contributed by atoms with Crippen LogP contribution in [0.25, 0.3) is 5.57 Å². The molecule has 0 aliphatic heterocycles. The van der Waals surface area contributed by atoms with E-state index in [2.05, 4.69) is 19.1 Å². The van der Waals surface area contributed by atoms with Crippen LogP contribution < -0.4 is 5.73 Å². The number of halogens is 1. The molecule has 1 nitrogen and oxygen atoms in total. The second-order valence-electron chi connectivity index (χ2n) is 3.80. The molecule has 0 aromatic heterocycles. The minimum atomic E-state index is 0.442. The minimum absolute atomic E-state index is 0.442. The Morgan fingerprint density at radius 2 is 2.29 bits per heavy atom. The van der Waals surface area contributed by atoms with Crippen molar-refractivity contribution < 1.29 is 0 Å². The molecule has 0 heterocycles. The summed E-state index contributed by atoms with van der Waals surface area (Å²) in [4.78, 5) is 0. The Morgan fingerprint density at radius 1 is 1.50 bits per heavy atom. The van der Waals surface area contributed by atoms with Gasteiger partial charge in [0.25, 0.3) is 0 Å². The summed E-state index contributed by atoms with van der Waals surface area (Å²) in [5.41, 5.74) is 9.70. The van der Waals surface area contributed by atoms with Crippen LogP contribution in [0.5, 0.6) is 0 Å². The van der Waals surface area contributed by atoms with Gasteiger partial charge < -0.3 is 5.73 Å². The largest absolute Gasteiger partial charge is 0.330 e. The van der Waals surface area contributed by atoms with E-state index in [1.807, 2.05) is 12.1 Å². The zero-order valence-corrected chi connectivity index (χ0v) is 9.01. The fourth-order valence-corrected chi connectivity index (χ4v) is 2.13. The Bertz CT molecular complexity index is 382. The molecule has 1 aliphatic carbocycles. The van der Waals surface area contributed by atoms with Gasteiger partial charge in [0.15, 0.2) is 0 Å². The first-order valence-electron chi connectivity index (χ1n) is 4.91. The smallest absolute Gasteiger partial charge is 0.0409 e. The number of hydrogen-bond acceptors (Lipinski definition) is 1. The molecule has 0 bridgehead atoms. The van der Waals surface area contributed by atoms with E-state index in [-0.39, 0.29) is 0 Å². The van der Waals surface area contributed by atoms with Gasteiger partial charge in [0.05, 0.1) is 0 Å². The van der Waals surface area contributed by atoms with Gasteiger partial charge in [-0.05, 0) is 47.7 Å². The lowest BCUT2D eigenvalue weighted by molar-refractivity contribution is 0.761. The second kappa shape index (κ2) is 3.76. The Morgan fingerprint density at radius 3 is 3.00 bits per heavy atom. The molecule has 1 atom stereocenters. The quantitative estimate of drug-likeness (QED) is 0.793. The van der Waals surface area contributed by atoms with Crippen LogP contribution >= 0.6 is 11.6 Å². The van der Waals surface area contributed by atoms with Gasteiger partial charge >= 0.3 is 0 Å². The van der Waals surface area contributed by atoms with E-state index >= 15 is 0 Å². The summed E-state index contributed by atoms with van der Waals surface area (Å²) >= 11 is 5.94. The third-order valence-electron chi connectivity index (χ3n) is 2.80. The number of benzene rings is 1. The summed E-state index contributed by atoms with van der Waals surface area (Å²) < 4.78 is 0. The van der Waals surface area contributed by atoms with Gasteiger partial charge in [0, 0.05) is 5.02 Å². The molecule has 74 valence electrons. The van der Waals surface area contributed by atoms with Crippen LogP contribution in [0.4, 0.5) is 0 Å². The van der Waals surface area contributed by atoms with E-state index in [9.17, 15) is 0 Å². The van der Waals surface area contributed by atoms with Crippen molar-refractivity contribution in [1.82, 2.24) is 0 Å². The zero-order chi connectivity index (χ0) is 10.1. The third-order valence-corrected chi connectivity index (χ3v) is 3.04. The molecule has 0 amide bonds. The molecule has 1 aromatic carbocycles. The first kappa shape index (κ1) is 9.75. The Labute approximate surface area is 89.6 Å². The predicted octanol–water partition coefficient (Wildman–Crippen LogP) is 2.87. The van der Waals surface area contributed by atoms with Crippen LogP contribution in [-0.4, -0.2) is 6.54 Å².